The lowest BCUT2D eigenvalue weighted by Crippen LogP contribution is -2.29. The second-order valence-corrected chi connectivity index (χ2v) is 9.06. The number of carbonyl (C=O) groups is 1. The van der Waals surface area contributed by atoms with Crippen molar-refractivity contribution in [3.8, 4) is 5.75 Å². The van der Waals surface area contributed by atoms with Gasteiger partial charge in [0.25, 0.3) is 0 Å². The Morgan fingerprint density at radius 2 is 1.68 bits per heavy atom. The molecule has 2 amide bonds. The van der Waals surface area contributed by atoms with Crippen molar-refractivity contribution in [1.82, 2.24) is 10.6 Å². The molecule has 0 aromatic heterocycles. The molecule has 8 heteroatoms. The van der Waals surface area contributed by atoms with Crippen molar-refractivity contribution in [1.29, 1.82) is 0 Å². The van der Waals surface area contributed by atoms with Crippen LogP contribution in [0.25, 0.3) is 0 Å². The fourth-order valence-corrected chi connectivity index (χ4v) is 4.73. The number of sulfone groups is 1. The quantitative estimate of drug-likeness (QED) is 0.659. The van der Waals surface area contributed by atoms with Crippen LogP contribution < -0.4 is 20.7 Å². The average molecular weight is 404 g/mol. The number of methoxy groups -OCH3 is 1. The van der Waals surface area contributed by atoms with Crippen LogP contribution in [0.4, 0.5) is 10.5 Å². The lowest BCUT2D eigenvalue weighted by atomic mass is 10.2. The summed E-state index contributed by atoms with van der Waals surface area (Å²) >= 11 is 0. The second kappa shape index (κ2) is 9.07. The molecule has 1 unspecified atom stereocenters. The molecular formula is C20H25N3O4S. The number of ether oxygens (including phenoxy) is 1. The molecule has 1 aliphatic rings. The third-order valence-corrected chi connectivity index (χ3v) is 6.42. The van der Waals surface area contributed by atoms with E-state index in [4.69, 9.17) is 4.74 Å². The van der Waals surface area contributed by atoms with Crippen LogP contribution in [0.15, 0.2) is 48.5 Å². The maximum atomic E-state index is 12.0. The Bertz CT molecular complexity index is 896. The van der Waals surface area contributed by atoms with Gasteiger partial charge in [-0.15, -0.1) is 0 Å². The number of anilines is 1. The molecule has 1 aliphatic heterocycles. The van der Waals surface area contributed by atoms with Crippen molar-refractivity contribution in [2.75, 3.05) is 23.9 Å². The summed E-state index contributed by atoms with van der Waals surface area (Å²) in [5.41, 5.74) is 2.71. The van der Waals surface area contributed by atoms with Crippen molar-refractivity contribution in [2.45, 2.75) is 25.6 Å². The van der Waals surface area contributed by atoms with Gasteiger partial charge in [0.15, 0.2) is 9.84 Å². The van der Waals surface area contributed by atoms with Crippen LogP contribution >= 0.6 is 0 Å². The zero-order valence-corrected chi connectivity index (χ0v) is 16.6. The maximum Gasteiger partial charge on any atom is 0.319 e. The first-order chi connectivity index (χ1) is 13.4. The van der Waals surface area contributed by atoms with E-state index in [1.54, 1.807) is 7.11 Å². The molecule has 3 rings (SSSR count). The summed E-state index contributed by atoms with van der Waals surface area (Å²) < 4.78 is 28.1. The van der Waals surface area contributed by atoms with Crippen LogP contribution in [-0.2, 0) is 22.9 Å². The van der Waals surface area contributed by atoms with Crippen LogP contribution in [-0.4, -0.2) is 39.1 Å². The van der Waals surface area contributed by atoms with E-state index >= 15 is 0 Å². The van der Waals surface area contributed by atoms with Gasteiger partial charge in [-0.3, -0.25) is 0 Å². The summed E-state index contributed by atoms with van der Waals surface area (Å²) in [6, 6.07) is 14.7. The molecule has 1 atom stereocenters. The van der Waals surface area contributed by atoms with Gasteiger partial charge in [0.05, 0.1) is 18.6 Å². The molecule has 0 saturated carbocycles. The van der Waals surface area contributed by atoms with Crippen molar-refractivity contribution < 1.29 is 17.9 Å². The van der Waals surface area contributed by atoms with E-state index in [2.05, 4.69) is 16.0 Å². The largest absolute Gasteiger partial charge is 0.497 e. The Hall–Kier alpha value is -2.58. The molecule has 2 aromatic carbocycles. The topological polar surface area (TPSA) is 96.5 Å². The van der Waals surface area contributed by atoms with Gasteiger partial charge in [-0.1, -0.05) is 24.3 Å². The molecule has 0 bridgehead atoms. The van der Waals surface area contributed by atoms with E-state index in [0.29, 0.717) is 25.2 Å². The Kier molecular flexibility index (Phi) is 6.53. The number of hydrogen-bond acceptors (Lipinski definition) is 5. The third-order valence-electron chi connectivity index (χ3n) is 4.65. The van der Waals surface area contributed by atoms with Crippen molar-refractivity contribution in [2.24, 2.45) is 0 Å². The van der Waals surface area contributed by atoms with Gasteiger partial charge < -0.3 is 20.7 Å². The molecule has 0 radical (unpaired) electrons. The molecule has 1 heterocycles. The lowest BCUT2D eigenvalue weighted by Gasteiger charge is -2.12. The Morgan fingerprint density at radius 3 is 2.29 bits per heavy atom. The average Bonchev–Trinajstić information content (AvgIpc) is 3.05. The highest BCUT2D eigenvalue weighted by Crippen LogP contribution is 2.14. The van der Waals surface area contributed by atoms with E-state index in [-0.39, 0.29) is 23.6 Å². The fourth-order valence-electron chi connectivity index (χ4n) is 3.03. The number of benzene rings is 2. The van der Waals surface area contributed by atoms with Gasteiger partial charge in [0.2, 0.25) is 0 Å². The van der Waals surface area contributed by atoms with Gasteiger partial charge in [0.1, 0.15) is 5.75 Å². The van der Waals surface area contributed by atoms with Crippen LogP contribution in [0.3, 0.4) is 0 Å². The fraction of sp³-hybridized carbons (Fsp3) is 0.350. The normalized spacial score (nSPS) is 17.8. The molecular weight excluding hydrogens is 378 g/mol. The van der Waals surface area contributed by atoms with E-state index < -0.39 is 9.84 Å². The molecule has 0 spiro atoms. The highest BCUT2D eigenvalue weighted by molar-refractivity contribution is 7.91. The SMILES string of the molecule is COc1ccc(CNC(=O)Nc2ccc(CNC3CCS(=O)(=O)C3)cc2)cc1. The van der Waals surface area contributed by atoms with Crippen molar-refractivity contribution in [3.05, 3.63) is 59.7 Å². The summed E-state index contributed by atoms with van der Waals surface area (Å²) in [4.78, 5) is 12.0. The number of carbonyl (C=O) groups excluding carboxylic acids is 1. The highest BCUT2D eigenvalue weighted by Gasteiger charge is 2.27. The molecule has 2 aromatic rings. The minimum absolute atomic E-state index is 0.0199. The Labute approximate surface area is 165 Å². The number of nitrogens with one attached hydrogen (secondary N) is 3. The molecule has 3 N–H and O–H groups in total. The summed E-state index contributed by atoms with van der Waals surface area (Å²) in [7, 11) is -1.26. The lowest BCUT2D eigenvalue weighted by molar-refractivity contribution is 0.251. The Balaban J connectivity index is 1.42. The van der Waals surface area contributed by atoms with Gasteiger partial charge in [-0.05, 0) is 41.8 Å². The van der Waals surface area contributed by atoms with Crippen LogP contribution in [0.2, 0.25) is 0 Å². The van der Waals surface area contributed by atoms with Gasteiger partial charge >= 0.3 is 6.03 Å². The zero-order valence-electron chi connectivity index (χ0n) is 15.8. The molecule has 150 valence electrons. The van der Waals surface area contributed by atoms with Crippen molar-refractivity contribution >= 4 is 21.6 Å². The number of rotatable bonds is 7. The van der Waals surface area contributed by atoms with E-state index in [9.17, 15) is 13.2 Å². The number of hydrogen-bond donors (Lipinski definition) is 3. The van der Waals surface area contributed by atoms with Crippen molar-refractivity contribution in [3.63, 3.8) is 0 Å². The van der Waals surface area contributed by atoms with E-state index in [1.807, 2.05) is 48.5 Å². The Morgan fingerprint density at radius 1 is 1.04 bits per heavy atom. The van der Waals surface area contributed by atoms with Crippen LogP contribution in [0.5, 0.6) is 5.75 Å². The first-order valence-corrected chi connectivity index (χ1v) is 11.0. The smallest absolute Gasteiger partial charge is 0.319 e. The number of urea groups is 1. The second-order valence-electron chi connectivity index (χ2n) is 6.83. The highest BCUT2D eigenvalue weighted by atomic mass is 32.2. The minimum Gasteiger partial charge on any atom is -0.497 e. The van der Waals surface area contributed by atoms with E-state index in [1.165, 1.54) is 0 Å². The predicted octanol–water partition coefficient (Wildman–Crippen LogP) is 2.29. The van der Waals surface area contributed by atoms with Gasteiger partial charge in [0, 0.05) is 24.8 Å². The molecule has 28 heavy (non-hydrogen) atoms. The molecule has 1 fully saturated rings. The molecule has 7 nitrogen and oxygen atoms in total. The molecule has 0 aliphatic carbocycles. The minimum atomic E-state index is -2.87. The first-order valence-electron chi connectivity index (χ1n) is 9.14. The first kappa shape index (κ1) is 20.2. The van der Waals surface area contributed by atoms with Gasteiger partial charge in [-0.2, -0.15) is 0 Å². The summed E-state index contributed by atoms with van der Waals surface area (Å²) in [6.45, 7) is 1.02. The van der Waals surface area contributed by atoms with Crippen LogP contribution in [0.1, 0.15) is 17.5 Å². The summed E-state index contributed by atoms with van der Waals surface area (Å²) in [5, 5.41) is 8.88. The summed E-state index contributed by atoms with van der Waals surface area (Å²) in [5.74, 6) is 1.25. The standard InChI is InChI=1S/C20H25N3O4S/c1-27-19-8-4-16(5-9-19)13-22-20(24)23-17-6-2-15(3-7-17)12-21-18-10-11-28(25,26)14-18/h2-9,18,21H,10-14H2,1H3,(H2,22,23,24). The maximum absolute atomic E-state index is 12.0. The van der Waals surface area contributed by atoms with Gasteiger partial charge in [-0.25, -0.2) is 13.2 Å². The third kappa shape index (κ3) is 5.97. The van der Waals surface area contributed by atoms with Crippen LogP contribution in [0, 0.1) is 0 Å². The zero-order chi connectivity index (χ0) is 20.0. The monoisotopic (exact) mass is 403 g/mol. The molecule has 1 saturated heterocycles. The van der Waals surface area contributed by atoms with E-state index in [0.717, 1.165) is 16.9 Å². The predicted molar refractivity (Wildman–Crippen MR) is 109 cm³/mol. The number of amides is 2. The summed E-state index contributed by atoms with van der Waals surface area (Å²) in [6.07, 6.45) is 0.663.